The Labute approximate surface area is 169 Å². The lowest BCUT2D eigenvalue weighted by Gasteiger charge is -2.10. The number of likely N-dealkylation sites (N-methyl/N-ethyl adjacent to an activating group) is 1. The van der Waals surface area contributed by atoms with Crippen molar-refractivity contribution in [2.45, 2.75) is 0 Å². The number of H-pyrrole nitrogens is 1. The molecule has 28 heavy (non-hydrogen) atoms. The third-order valence-corrected chi connectivity index (χ3v) is 4.76. The molecule has 0 aliphatic rings. The summed E-state index contributed by atoms with van der Waals surface area (Å²) in [6.07, 6.45) is 4.07. The summed E-state index contributed by atoms with van der Waals surface area (Å²) >= 11 is 3.48. The minimum Gasteiger partial charge on any atom is -0.383 e. The van der Waals surface area contributed by atoms with Crippen molar-refractivity contribution >= 4 is 56.4 Å². The van der Waals surface area contributed by atoms with Crippen LogP contribution >= 0.6 is 15.9 Å². The molecule has 146 valence electrons. The first-order valence-corrected chi connectivity index (χ1v) is 9.18. The number of nitrogen functional groups attached to an aromatic ring is 1. The molecule has 3 heterocycles. The molecule has 0 aliphatic heterocycles. The molecule has 6 N–H and O–H groups in total. The number of pyridine rings is 1. The van der Waals surface area contributed by atoms with E-state index in [0.29, 0.717) is 44.8 Å². The number of hydrogen-bond donors (Lipinski definition) is 5. The fourth-order valence-corrected chi connectivity index (χ4v) is 3.19. The van der Waals surface area contributed by atoms with Crippen molar-refractivity contribution in [3.05, 3.63) is 34.3 Å². The zero-order valence-electron chi connectivity index (χ0n) is 15.4. The Bertz CT molecular complexity index is 1030. The number of carbonyl (C=O) groups is 1. The smallest absolute Gasteiger partial charge is 0.269 e. The molecule has 3 aromatic rings. The van der Waals surface area contributed by atoms with E-state index in [0.717, 1.165) is 12.8 Å². The van der Waals surface area contributed by atoms with Crippen molar-refractivity contribution < 1.29 is 4.79 Å². The lowest BCUT2D eigenvalue weighted by Crippen LogP contribution is -2.31. The average molecular weight is 446 g/mol. The zero-order valence-corrected chi connectivity index (χ0v) is 17.0. The lowest BCUT2D eigenvalue weighted by molar-refractivity contribution is 0.0946. The van der Waals surface area contributed by atoms with Gasteiger partial charge in [0.05, 0.1) is 21.7 Å². The molecular weight excluding hydrogens is 426 g/mol. The third kappa shape index (κ3) is 4.10. The number of nitrogens with one attached hydrogen (secondary N) is 4. The molecular formula is C17H20BrN9O. The second-order valence-electron chi connectivity index (χ2n) is 6.29. The maximum Gasteiger partial charge on any atom is 0.269 e. The van der Waals surface area contributed by atoms with E-state index >= 15 is 0 Å². The van der Waals surface area contributed by atoms with Gasteiger partial charge in [0.15, 0.2) is 0 Å². The number of fused-ring (bicyclic) bond motifs is 1. The maximum absolute atomic E-state index is 12.5. The molecule has 0 aliphatic carbocycles. The van der Waals surface area contributed by atoms with Gasteiger partial charge in [-0.2, -0.15) is 0 Å². The van der Waals surface area contributed by atoms with Crippen LogP contribution in [-0.2, 0) is 0 Å². The summed E-state index contributed by atoms with van der Waals surface area (Å²) in [5, 5.41) is 14.0. The summed E-state index contributed by atoms with van der Waals surface area (Å²) in [6.45, 7) is 1.25. The number of hydrogen-bond acceptors (Lipinski definition) is 8. The van der Waals surface area contributed by atoms with Gasteiger partial charge in [-0.25, -0.2) is 15.0 Å². The van der Waals surface area contributed by atoms with Gasteiger partial charge in [-0.05, 0) is 36.1 Å². The number of amides is 1. The molecule has 0 radical (unpaired) electrons. The Morgan fingerprint density at radius 3 is 2.89 bits per heavy atom. The van der Waals surface area contributed by atoms with Gasteiger partial charge in [0, 0.05) is 24.9 Å². The number of anilines is 3. The van der Waals surface area contributed by atoms with Crippen molar-refractivity contribution in [2.24, 2.45) is 0 Å². The number of nitrogens with zero attached hydrogens (tertiary/aromatic N) is 4. The number of carbonyl (C=O) groups excluding carboxylic acids is 1. The zero-order chi connectivity index (χ0) is 20.3. The molecule has 1 amide bonds. The second-order valence-corrected chi connectivity index (χ2v) is 7.08. The van der Waals surface area contributed by atoms with Crippen LogP contribution in [0.5, 0.6) is 0 Å². The highest BCUT2D eigenvalue weighted by atomic mass is 79.9. The van der Waals surface area contributed by atoms with E-state index in [1.165, 1.54) is 6.33 Å². The molecule has 10 nitrogen and oxygen atoms in total. The molecule has 11 heteroatoms. The summed E-state index contributed by atoms with van der Waals surface area (Å²) in [5.41, 5.74) is 7.71. The maximum atomic E-state index is 12.5. The highest BCUT2D eigenvalue weighted by Crippen LogP contribution is 2.32. The van der Waals surface area contributed by atoms with Crippen LogP contribution in [0.3, 0.4) is 0 Å². The lowest BCUT2D eigenvalue weighted by atomic mass is 10.2. The number of nitrogens with two attached hydrogens (primary N) is 1. The number of halogens is 1. The summed E-state index contributed by atoms with van der Waals surface area (Å²) < 4.78 is 0.559. The molecule has 3 aromatic heterocycles. The van der Waals surface area contributed by atoms with Gasteiger partial charge in [-0.1, -0.05) is 0 Å². The van der Waals surface area contributed by atoms with E-state index in [4.69, 9.17) is 11.1 Å². The molecule has 0 unspecified atom stereocenters. The molecule has 0 spiro atoms. The molecule has 0 atom stereocenters. The molecule has 0 bridgehead atoms. The Morgan fingerprint density at radius 2 is 2.18 bits per heavy atom. The van der Waals surface area contributed by atoms with Crippen LogP contribution in [0.15, 0.2) is 23.1 Å². The van der Waals surface area contributed by atoms with Gasteiger partial charge < -0.3 is 31.7 Å². The van der Waals surface area contributed by atoms with Crippen molar-refractivity contribution in [3.8, 4) is 0 Å². The highest BCUT2D eigenvalue weighted by Gasteiger charge is 2.20. The van der Waals surface area contributed by atoms with E-state index < -0.39 is 0 Å². The topological polar surface area (TPSA) is 149 Å². The van der Waals surface area contributed by atoms with Gasteiger partial charge in [0.2, 0.25) is 0 Å². The first-order valence-electron chi connectivity index (χ1n) is 8.38. The van der Waals surface area contributed by atoms with E-state index in [1.54, 1.807) is 12.3 Å². The Kier molecular flexibility index (Phi) is 5.85. The number of rotatable bonds is 7. The average Bonchev–Trinajstić information content (AvgIpc) is 3.00. The monoisotopic (exact) mass is 445 g/mol. The molecule has 0 aromatic carbocycles. The Morgan fingerprint density at radius 1 is 1.39 bits per heavy atom. The van der Waals surface area contributed by atoms with Crippen LogP contribution in [0, 0.1) is 5.41 Å². The van der Waals surface area contributed by atoms with Crippen LogP contribution < -0.4 is 16.4 Å². The molecule has 0 saturated heterocycles. The first kappa shape index (κ1) is 19.7. The molecule has 0 saturated carbocycles. The molecule has 0 fully saturated rings. The van der Waals surface area contributed by atoms with Crippen LogP contribution in [0.2, 0.25) is 0 Å². The first-order chi connectivity index (χ1) is 13.4. The summed E-state index contributed by atoms with van der Waals surface area (Å²) in [5.74, 6) is 0.522. The molecule has 3 rings (SSSR count). The Hall–Kier alpha value is -3.05. The predicted octanol–water partition coefficient (Wildman–Crippen LogP) is 1.73. The largest absolute Gasteiger partial charge is 0.383 e. The fourth-order valence-electron chi connectivity index (χ4n) is 2.53. The van der Waals surface area contributed by atoms with E-state index in [-0.39, 0.29) is 11.7 Å². The van der Waals surface area contributed by atoms with Crippen molar-refractivity contribution in [3.63, 3.8) is 0 Å². The highest BCUT2D eigenvalue weighted by molar-refractivity contribution is 9.10. The van der Waals surface area contributed by atoms with Crippen molar-refractivity contribution in [1.29, 1.82) is 5.41 Å². The number of aromatic amines is 1. The normalized spacial score (nSPS) is 11.0. The van der Waals surface area contributed by atoms with Crippen molar-refractivity contribution in [2.75, 3.05) is 38.2 Å². The quantitative estimate of drug-likeness (QED) is 0.347. The van der Waals surface area contributed by atoms with Gasteiger partial charge in [0.25, 0.3) is 5.91 Å². The minimum atomic E-state index is -0.238. The third-order valence-electron chi connectivity index (χ3n) is 3.97. The minimum absolute atomic E-state index is 0.238. The van der Waals surface area contributed by atoms with Crippen LogP contribution in [0.1, 0.15) is 16.1 Å². The van der Waals surface area contributed by atoms with Crippen molar-refractivity contribution in [1.82, 2.24) is 30.2 Å². The van der Waals surface area contributed by atoms with Gasteiger partial charge in [-0.15, -0.1) is 0 Å². The van der Waals surface area contributed by atoms with Crippen LogP contribution in [0.25, 0.3) is 11.0 Å². The summed E-state index contributed by atoms with van der Waals surface area (Å²) in [6, 6.07) is 1.69. The van der Waals surface area contributed by atoms with E-state index in [9.17, 15) is 4.79 Å². The van der Waals surface area contributed by atoms with Gasteiger partial charge in [-0.3, -0.25) is 4.79 Å². The summed E-state index contributed by atoms with van der Waals surface area (Å²) in [7, 11) is 3.88. The standard InChI is InChI=1S/C17H20BrN9O/c1-27(2)4-3-21-17(28)13-12(18)11-15(23-8-24-16(11)26-13)25-10-5-9(6-19)14(20)22-7-10/h5-8,19H,3-4H2,1-2H3,(H2,20,22)(H,21,28)(H2,23,24,25,26). The van der Waals surface area contributed by atoms with Crippen LogP contribution in [-0.4, -0.2) is 64.1 Å². The SMILES string of the molecule is CN(C)CCNC(=O)c1[nH]c2ncnc(Nc3cnc(N)c(C=N)c3)c2c1Br. The predicted molar refractivity (Wildman–Crippen MR) is 112 cm³/mol. The van der Waals surface area contributed by atoms with Crippen LogP contribution in [0.4, 0.5) is 17.3 Å². The number of aromatic nitrogens is 4. The second kappa shape index (κ2) is 8.31. The van der Waals surface area contributed by atoms with E-state index in [2.05, 4.69) is 46.5 Å². The Balaban J connectivity index is 1.91. The van der Waals surface area contributed by atoms with E-state index in [1.807, 2.05) is 19.0 Å². The van der Waals surface area contributed by atoms with Gasteiger partial charge >= 0.3 is 0 Å². The van der Waals surface area contributed by atoms with Gasteiger partial charge in [0.1, 0.15) is 29.3 Å². The summed E-state index contributed by atoms with van der Waals surface area (Å²) in [4.78, 5) is 30.0. The fraction of sp³-hybridized carbons (Fsp3) is 0.235.